The van der Waals surface area contributed by atoms with Crippen LogP contribution in [-0.4, -0.2) is 19.0 Å². The Kier molecular flexibility index (Phi) is 9.36. The fourth-order valence-electron chi connectivity index (χ4n) is 3.71. The molecule has 2 rings (SSSR count). The molecule has 0 aromatic heterocycles. The second-order valence-corrected chi connectivity index (χ2v) is 6.81. The molecule has 1 fully saturated rings. The van der Waals surface area contributed by atoms with Crippen LogP contribution in [0.5, 0.6) is 0 Å². The first-order chi connectivity index (χ1) is 11.6. The molecule has 0 unspecified atom stereocenters. The molecule has 142 valence electrons. The van der Waals surface area contributed by atoms with Gasteiger partial charge in [0.2, 0.25) is 5.91 Å². The van der Waals surface area contributed by atoms with E-state index in [1.54, 1.807) is 0 Å². The molecule has 1 aliphatic carbocycles. The van der Waals surface area contributed by atoms with Crippen molar-refractivity contribution in [2.24, 2.45) is 5.73 Å². The molecule has 25 heavy (non-hydrogen) atoms. The molecule has 1 amide bonds. The van der Waals surface area contributed by atoms with E-state index in [1.807, 2.05) is 0 Å². The van der Waals surface area contributed by atoms with Crippen molar-refractivity contribution in [3.05, 3.63) is 35.4 Å². The Bertz CT molecular complexity index is 528. The third-order valence-electron chi connectivity index (χ3n) is 5.04. The van der Waals surface area contributed by atoms with E-state index in [0.29, 0.717) is 32.4 Å². The van der Waals surface area contributed by atoms with Gasteiger partial charge in [-0.3, -0.25) is 4.79 Å². The van der Waals surface area contributed by atoms with Gasteiger partial charge in [-0.1, -0.05) is 31.7 Å². The van der Waals surface area contributed by atoms with Gasteiger partial charge in [-0.05, 0) is 44.4 Å². The molecule has 0 saturated heterocycles. The summed E-state index contributed by atoms with van der Waals surface area (Å²) in [5.41, 5.74) is 4.98. The maximum Gasteiger partial charge on any atom is 0.220 e. The smallest absolute Gasteiger partial charge is 0.220 e. The van der Waals surface area contributed by atoms with Crippen LogP contribution in [0.4, 0.5) is 8.78 Å². The van der Waals surface area contributed by atoms with Crippen LogP contribution in [0.15, 0.2) is 18.2 Å². The van der Waals surface area contributed by atoms with E-state index in [-0.39, 0.29) is 23.9 Å². The average molecular weight is 375 g/mol. The van der Waals surface area contributed by atoms with Crippen LogP contribution in [-0.2, 0) is 10.2 Å². The van der Waals surface area contributed by atoms with Gasteiger partial charge in [0, 0.05) is 23.9 Å². The SMILES string of the molecule is Cl.NCCCCCCC(=O)NCC1(c2c(F)cccc2F)CCCC1. The fourth-order valence-corrected chi connectivity index (χ4v) is 3.71. The Hall–Kier alpha value is -1.20. The van der Waals surface area contributed by atoms with Gasteiger partial charge >= 0.3 is 0 Å². The number of nitrogens with one attached hydrogen (secondary N) is 1. The van der Waals surface area contributed by atoms with E-state index in [1.165, 1.54) is 18.2 Å². The third-order valence-corrected chi connectivity index (χ3v) is 5.04. The largest absolute Gasteiger partial charge is 0.355 e. The maximum atomic E-state index is 14.2. The summed E-state index contributed by atoms with van der Waals surface area (Å²) in [5.74, 6) is -1.05. The zero-order valence-electron chi connectivity index (χ0n) is 14.7. The molecular formula is C19H29ClF2N2O. The van der Waals surface area contributed by atoms with Crippen molar-refractivity contribution in [1.29, 1.82) is 0 Å². The first kappa shape index (κ1) is 21.8. The van der Waals surface area contributed by atoms with E-state index in [4.69, 9.17) is 5.73 Å². The predicted molar refractivity (Wildman–Crippen MR) is 98.9 cm³/mol. The van der Waals surface area contributed by atoms with Gasteiger partial charge in [-0.25, -0.2) is 8.78 Å². The van der Waals surface area contributed by atoms with Crippen molar-refractivity contribution < 1.29 is 13.6 Å². The van der Waals surface area contributed by atoms with Crippen LogP contribution < -0.4 is 11.1 Å². The quantitative estimate of drug-likeness (QED) is 0.636. The molecule has 3 N–H and O–H groups in total. The minimum absolute atomic E-state index is 0. The van der Waals surface area contributed by atoms with Crippen LogP contribution in [0, 0.1) is 11.6 Å². The zero-order chi connectivity index (χ0) is 17.4. The summed E-state index contributed by atoms with van der Waals surface area (Å²) < 4.78 is 28.5. The minimum Gasteiger partial charge on any atom is -0.355 e. The summed E-state index contributed by atoms with van der Waals surface area (Å²) in [7, 11) is 0. The first-order valence-corrected chi connectivity index (χ1v) is 9.00. The number of hydrogen-bond donors (Lipinski definition) is 2. The molecule has 0 radical (unpaired) electrons. The number of nitrogens with two attached hydrogens (primary N) is 1. The standard InChI is InChI=1S/C19H28F2N2O.ClH/c20-15-8-7-9-16(21)18(15)19(11-4-5-12-19)14-23-17(24)10-3-1-2-6-13-22;/h7-9H,1-6,10-14,22H2,(H,23,24);1H. The molecule has 3 nitrogen and oxygen atoms in total. The van der Waals surface area contributed by atoms with Crippen LogP contribution in [0.25, 0.3) is 0 Å². The predicted octanol–water partition coefficient (Wildman–Crippen LogP) is 4.22. The second kappa shape index (κ2) is 10.7. The summed E-state index contributed by atoms with van der Waals surface area (Å²) in [6.45, 7) is 0.995. The third kappa shape index (κ3) is 5.93. The van der Waals surface area contributed by atoms with Crippen molar-refractivity contribution in [1.82, 2.24) is 5.32 Å². The minimum atomic E-state index is -0.607. The van der Waals surface area contributed by atoms with Crippen LogP contribution in [0.3, 0.4) is 0 Å². The van der Waals surface area contributed by atoms with Gasteiger partial charge in [0.15, 0.2) is 0 Å². The summed E-state index contributed by atoms with van der Waals surface area (Å²) >= 11 is 0. The van der Waals surface area contributed by atoms with Crippen molar-refractivity contribution in [3.63, 3.8) is 0 Å². The van der Waals surface area contributed by atoms with E-state index in [0.717, 1.165) is 38.5 Å². The van der Waals surface area contributed by atoms with Crippen molar-refractivity contribution >= 4 is 18.3 Å². The average Bonchev–Trinajstić information content (AvgIpc) is 3.02. The number of rotatable bonds is 9. The van der Waals surface area contributed by atoms with Crippen LogP contribution in [0.1, 0.15) is 63.4 Å². The molecular weight excluding hydrogens is 346 g/mol. The van der Waals surface area contributed by atoms with Gasteiger partial charge < -0.3 is 11.1 Å². The summed E-state index contributed by atoms with van der Waals surface area (Å²) in [6.07, 6.45) is 7.57. The summed E-state index contributed by atoms with van der Waals surface area (Å²) in [4.78, 5) is 12.1. The van der Waals surface area contributed by atoms with E-state index in [2.05, 4.69) is 5.32 Å². The van der Waals surface area contributed by atoms with Gasteiger partial charge in [0.05, 0.1) is 0 Å². The number of halogens is 3. The lowest BCUT2D eigenvalue weighted by atomic mass is 9.78. The molecule has 0 heterocycles. The van der Waals surface area contributed by atoms with Gasteiger partial charge in [0.1, 0.15) is 11.6 Å². The number of unbranched alkanes of at least 4 members (excludes halogenated alkanes) is 3. The Balaban J connectivity index is 0.00000312. The Labute approximate surface area is 155 Å². The molecule has 0 aliphatic heterocycles. The molecule has 1 aliphatic rings. The molecule has 0 bridgehead atoms. The van der Waals surface area contributed by atoms with Gasteiger partial charge in [-0.15, -0.1) is 12.4 Å². The van der Waals surface area contributed by atoms with Gasteiger partial charge in [0.25, 0.3) is 0 Å². The molecule has 1 aromatic rings. The van der Waals surface area contributed by atoms with Crippen molar-refractivity contribution in [2.45, 2.75) is 63.2 Å². The highest BCUT2D eigenvalue weighted by atomic mass is 35.5. The molecule has 1 saturated carbocycles. The molecule has 0 spiro atoms. The Morgan fingerprint density at radius 2 is 1.68 bits per heavy atom. The van der Waals surface area contributed by atoms with E-state index < -0.39 is 17.0 Å². The fraction of sp³-hybridized carbons (Fsp3) is 0.632. The number of carbonyl (C=O) groups excluding carboxylic acids is 1. The molecule has 6 heteroatoms. The molecule has 0 atom stereocenters. The highest BCUT2D eigenvalue weighted by Gasteiger charge is 2.40. The van der Waals surface area contributed by atoms with Gasteiger partial charge in [-0.2, -0.15) is 0 Å². The number of hydrogen-bond acceptors (Lipinski definition) is 2. The zero-order valence-corrected chi connectivity index (χ0v) is 15.5. The van der Waals surface area contributed by atoms with Crippen LogP contribution >= 0.6 is 12.4 Å². The van der Waals surface area contributed by atoms with E-state index in [9.17, 15) is 13.6 Å². The normalized spacial score (nSPS) is 15.6. The van der Waals surface area contributed by atoms with E-state index >= 15 is 0 Å². The van der Waals surface area contributed by atoms with Crippen molar-refractivity contribution in [3.8, 4) is 0 Å². The highest BCUT2D eigenvalue weighted by Crippen LogP contribution is 2.42. The first-order valence-electron chi connectivity index (χ1n) is 9.00. The lowest BCUT2D eigenvalue weighted by Crippen LogP contribution is -2.40. The highest BCUT2D eigenvalue weighted by molar-refractivity contribution is 5.85. The number of amides is 1. The summed E-state index contributed by atoms with van der Waals surface area (Å²) in [6, 6.07) is 3.99. The van der Waals surface area contributed by atoms with Crippen LogP contribution in [0.2, 0.25) is 0 Å². The lowest BCUT2D eigenvalue weighted by Gasteiger charge is -2.30. The number of benzene rings is 1. The maximum absolute atomic E-state index is 14.2. The monoisotopic (exact) mass is 374 g/mol. The second-order valence-electron chi connectivity index (χ2n) is 6.81. The Morgan fingerprint density at radius 1 is 1.08 bits per heavy atom. The number of carbonyl (C=O) groups is 1. The summed E-state index contributed by atoms with van der Waals surface area (Å²) in [5, 5.41) is 2.91. The topological polar surface area (TPSA) is 55.1 Å². The van der Waals surface area contributed by atoms with Crippen molar-refractivity contribution in [2.75, 3.05) is 13.1 Å². The lowest BCUT2D eigenvalue weighted by molar-refractivity contribution is -0.121. The molecule has 1 aromatic carbocycles. The Morgan fingerprint density at radius 3 is 2.28 bits per heavy atom.